The molecule has 3 rings (SSSR count). The first kappa shape index (κ1) is 17.6. The Balaban J connectivity index is 1.58. The standard InChI is InChI=1S/C19H18N2O5/c1-12(17-11-18(17)13-5-9-16(25-2)10-6-13)20-26-19(22)14-3-7-15(8-4-14)21(23)24/h3-10,17-18H,11H2,1-2H3. The van der Waals surface area contributed by atoms with Crippen molar-refractivity contribution in [1.29, 1.82) is 0 Å². The number of nitro benzene ring substituents is 1. The summed E-state index contributed by atoms with van der Waals surface area (Å²) in [4.78, 5) is 27.1. The minimum atomic E-state index is -0.638. The van der Waals surface area contributed by atoms with Crippen LogP contribution >= 0.6 is 0 Å². The number of hydrogen-bond donors (Lipinski definition) is 0. The van der Waals surface area contributed by atoms with E-state index in [1.165, 1.54) is 29.8 Å². The third-order valence-corrected chi connectivity index (χ3v) is 4.46. The molecule has 0 aliphatic heterocycles. The minimum Gasteiger partial charge on any atom is -0.497 e. The molecule has 1 aliphatic carbocycles. The fourth-order valence-electron chi connectivity index (χ4n) is 2.83. The third-order valence-electron chi connectivity index (χ3n) is 4.46. The number of hydrogen-bond acceptors (Lipinski definition) is 6. The van der Waals surface area contributed by atoms with Gasteiger partial charge in [-0.3, -0.25) is 10.1 Å². The summed E-state index contributed by atoms with van der Waals surface area (Å²) in [5, 5.41) is 14.6. The normalized spacial score (nSPS) is 18.9. The molecule has 0 radical (unpaired) electrons. The van der Waals surface area contributed by atoms with Crippen LogP contribution in [-0.4, -0.2) is 23.7 Å². The van der Waals surface area contributed by atoms with Crippen molar-refractivity contribution in [1.82, 2.24) is 0 Å². The van der Waals surface area contributed by atoms with Crippen molar-refractivity contribution in [3.63, 3.8) is 0 Å². The first-order chi connectivity index (χ1) is 12.5. The van der Waals surface area contributed by atoms with Crippen LogP contribution in [-0.2, 0) is 4.84 Å². The van der Waals surface area contributed by atoms with E-state index in [0.717, 1.165) is 17.9 Å². The van der Waals surface area contributed by atoms with Gasteiger partial charge in [-0.15, -0.1) is 0 Å². The molecule has 7 nitrogen and oxygen atoms in total. The Bertz CT molecular complexity index is 843. The molecule has 0 aromatic heterocycles. The van der Waals surface area contributed by atoms with E-state index in [0.29, 0.717) is 5.92 Å². The maximum atomic E-state index is 12.0. The Hall–Kier alpha value is -3.22. The number of carbonyl (C=O) groups excluding carboxylic acids is 1. The highest BCUT2D eigenvalue weighted by Crippen LogP contribution is 2.48. The summed E-state index contributed by atoms with van der Waals surface area (Å²) in [5.41, 5.74) is 2.09. The van der Waals surface area contributed by atoms with Crippen LogP contribution in [0.5, 0.6) is 5.75 Å². The molecule has 2 unspecified atom stereocenters. The second-order valence-electron chi connectivity index (χ2n) is 6.14. The van der Waals surface area contributed by atoms with Gasteiger partial charge in [-0.1, -0.05) is 17.3 Å². The number of nitro groups is 1. The van der Waals surface area contributed by atoms with Gasteiger partial charge in [-0.2, -0.15) is 0 Å². The van der Waals surface area contributed by atoms with Crippen molar-refractivity contribution in [2.24, 2.45) is 11.1 Å². The Morgan fingerprint density at radius 3 is 2.38 bits per heavy atom. The number of benzene rings is 2. The van der Waals surface area contributed by atoms with Crippen LogP contribution in [0.4, 0.5) is 5.69 Å². The molecule has 1 saturated carbocycles. The van der Waals surface area contributed by atoms with Crippen molar-refractivity contribution in [3.05, 3.63) is 69.8 Å². The van der Waals surface area contributed by atoms with Gasteiger partial charge in [0.15, 0.2) is 0 Å². The summed E-state index contributed by atoms with van der Waals surface area (Å²) < 4.78 is 5.15. The van der Waals surface area contributed by atoms with Crippen LogP contribution in [0.15, 0.2) is 53.7 Å². The van der Waals surface area contributed by atoms with Crippen molar-refractivity contribution in [3.8, 4) is 5.75 Å². The second kappa shape index (κ2) is 7.35. The Kier molecular flexibility index (Phi) is 4.97. The average molecular weight is 354 g/mol. The lowest BCUT2D eigenvalue weighted by Crippen LogP contribution is -2.05. The molecule has 0 bridgehead atoms. The van der Waals surface area contributed by atoms with E-state index in [1.807, 2.05) is 31.2 Å². The van der Waals surface area contributed by atoms with Crippen LogP contribution in [0.25, 0.3) is 0 Å². The highest BCUT2D eigenvalue weighted by Gasteiger charge is 2.40. The van der Waals surface area contributed by atoms with E-state index >= 15 is 0 Å². The summed E-state index contributed by atoms with van der Waals surface area (Å²) in [6.45, 7) is 1.83. The highest BCUT2D eigenvalue weighted by atomic mass is 16.7. The third kappa shape index (κ3) is 3.88. The topological polar surface area (TPSA) is 91.0 Å². The van der Waals surface area contributed by atoms with E-state index < -0.39 is 10.9 Å². The second-order valence-corrected chi connectivity index (χ2v) is 6.14. The molecule has 0 spiro atoms. The molecule has 0 amide bonds. The number of non-ortho nitro benzene ring substituents is 1. The van der Waals surface area contributed by atoms with Gasteiger partial charge in [0, 0.05) is 18.1 Å². The molecule has 0 heterocycles. The summed E-state index contributed by atoms with van der Waals surface area (Å²) in [5.74, 6) is 0.782. The number of ether oxygens (including phenoxy) is 1. The molecule has 134 valence electrons. The quantitative estimate of drug-likeness (QED) is 0.339. The van der Waals surface area contributed by atoms with Gasteiger partial charge in [-0.05, 0) is 49.1 Å². The molecule has 7 heteroatoms. The first-order valence-electron chi connectivity index (χ1n) is 8.14. The Morgan fingerprint density at radius 1 is 1.15 bits per heavy atom. The van der Waals surface area contributed by atoms with Crippen LogP contribution in [0.1, 0.15) is 35.2 Å². The van der Waals surface area contributed by atoms with Crippen molar-refractivity contribution in [2.45, 2.75) is 19.3 Å². The molecule has 2 atom stereocenters. The van der Waals surface area contributed by atoms with Crippen LogP contribution < -0.4 is 4.74 Å². The van der Waals surface area contributed by atoms with Gasteiger partial charge >= 0.3 is 5.97 Å². The van der Waals surface area contributed by atoms with E-state index in [4.69, 9.17) is 9.57 Å². The van der Waals surface area contributed by atoms with E-state index in [-0.39, 0.29) is 17.2 Å². The summed E-state index contributed by atoms with van der Waals surface area (Å²) in [6, 6.07) is 13.1. The van der Waals surface area contributed by atoms with Gasteiger partial charge in [0.25, 0.3) is 5.69 Å². The molecule has 1 aliphatic rings. The minimum absolute atomic E-state index is 0.0819. The zero-order valence-corrected chi connectivity index (χ0v) is 14.4. The summed E-state index contributed by atoms with van der Waals surface area (Å²) in [6.07, 6.45) is 0.955. The van der Waals surface area contributed by atoms with Crippen molar-refractivity contribution < 1.29 is 19.3 Å². The average Bonchev–Trinajstić information content (AvgIpc) is 3.47. The smallest absolute Gasteiger partial charge is 0.365 e. The number of carbonyl (C=O) groups is 1. The van der Waals surface area contributed by atoms with Gasteiger partial charge in [0.2, 0.25) is 0 Å². The van der Waals surface area contributed by atoms with Gasteiger partial charge < -0.3 is 9.57 Å². The zero-order chi connectivity index (χ0) is 18.7. The lowest BCUT2D eigenvalue weighted by Gasteiger charge is -2.03. The van der Waals surface area contributed by atoms with Crippen LogP contribution in [0.3, 0.4) is 0 Å². The fraction of sp³-hybridized carbons (Fsp3) is 0.263. The lowest BCUT2D eigenvalue weighted by molar-refractivity contribution is -0.384. The largest absolute Gasteiger partial charge is 0.497 e. The number of nitrogens with zero attached hydrogens (tertiary/aromatic N) is 2. The lowest BCUT2D eigenvalue weighted by atomic mass is 10.1. The maximum Gasteiger partial charge on any atom is 0.365 e. The Morgan fingerprint density at radius 2 is 1.81 bits per heavy atom. The van der Waals surface area contributed by atoms with E-state index in [1.54, 1.807) is 7.11 Å². The predicted molar refractivity (Wildman–Crippen MR) is 95.5 cm³/mol. The van der Waals surface area contributed by atoms with Gasteiger partial charge in [0.05, 0.1) is 23.3 Å². The van der Waals surface area contributed by atoms with Crippen LogP contribution in [0.2, 0.25) is 0 Å². The fourth-order valence-corrected chi connectivity index (χ4v) is 2.83. The Labute approximate surface area is 150 Å². The SMILES string of the molecule is COc1ccc(C2CC2C(C)=NOC(=O)c2ccc([N+](=O)[O-])cc2)cc1. The predicted octanol–water partition coefficient (Wildman–Crippen LogP) is 3.94. The molecular formula is C19H18N2O5. The zero-order valence-electron chi connectivity index (χ0n) is 14.4. The monoisotopic (exact) mass is 354 g/mol. The van der Waals surface area contributed by atoms with Crippen molar-refractivity contribution in [2.75, 3.05) is 7.11 Å². The molecule has 26 heavy (non-hydrogen) atoms. The molecule has 0 N–H and O–H groups in total. The number of methoxy groups -OCH3 is 1. The summed E-state index contributed by atoms with van der Waals surface area (Å²) in [7, 11) is 1.63. The molecule has 0 saturated heterocycles. The van der Waals surface area contributed by atoms with Crippen molar-refractivity contribution >= 4 is 17.4 Å². The highest BCUT2D eigenvalue weighted by molar-refractivity contribution is 5.92. The van der Waals surface area contributed by atoms with E-state index in [2.05, 4.69) is 5.16 Å². The maximum absolute atomic E-state index is 12.0. The van der Waals surface area contributed by atoms with Gasteiger partial charge in [0.1, 0.15) is 5.75 Å². The molecule has 2 aromatic carbocycles. The number of rotatable bonds is 6. The first-order valence-corrected chi connectivity index (χ1v) is 8.14. The summed E-state index contributed by atoms with van der Waals surface area (Å²) >= 11 is 0. The molecule has 1 fully saturated rings. The van der Waals surface area contributed by atoms with Crippen LogP contribution in [0, 0.1) is 16.0 Å². The molecular weight excluding hydrogens is 336 g/mol. The molecule has 2 aromatic rings. The van der Waals surface area contributed by atoms with Gasteiger partial charge in [-0.25, -0.2) is 4.79 Å². The van der Waals surface area contributed by atoms with E-state index in [9.17, 15) is 14.9 Å². The number of oxime groups is 1.